The Hall–Kier alpha value is -2.70. The molecule has 3 rings (SSSR count). The number of carbonyl (C=O) groups excluding carboxylic acids is 4. The minimum absolute atomic E-state index is 0.0383. The third-order valence-electron chi connectivity index (χ3n) is 6.11. The molecule has 0 aromatic heterocycles. The summed E-state index contributed by atoms with van der Waals surface area (Å²) in [6, 6.07) is 4.50. The fourth-order valence-corrected chi connectivity index (χ4v) is 4.28. The van der Waals surface area contributed by atoms with Gasteiger partial charge in [-0.3, -0.25) is 24.1 Å². The van der Waals surface area contributed by atoms with E-state index in [2.05, 4.69) is 0 Å². The van der Waals surface area contributed by atoms with Gasteiger partial charge in [-0.25, -0.2) is 0 Å². The molecular formula is C23H31N3O4. The molecule has 7 heteroatoms. The van der Waals surface area contributed by atoms with E-state index in [4.69, 9.17) is 0 Å². The second-order valence-electron chi connectivity index (χ2n) is 8.32. The summed E-state index contributed by atoms with van der Waals surface area (Å²) >= 11 is 0. The number of hydrogen-bond acceptors (Lipinski definition) is 4. The molecule has 0 radical (unpaired) electrons. The summed E-state index contributed by atoms with van der Waals surface area (Å²) in [6.07, 6.45) is 2.37. The molecule has 2 aliphatic rings. The molecule has 0 aliphatic carbocycles. The van der Waals surface area contributed by atoms with Crippen LogP contribution in [-0.4, -0.2) is 70.5 Å². The van der Waals surface area contributed by atoms with Crippen LogP contribution < -0.4 is 0 Å². The van der Waals surface area contributed by atoms with Crippen LogP contribution in [-0.2, 0) is 4.79 Å². The summed E-state index contributed by atoms with van der Waals surface area (Å²) in [5.74, 6) is -0.620. The van der Waals surface area contributed by atoms with Gasteiger partial charge in [0.25, 0.3) is 17.7 Å². The van der Waals surface area contributed by atoms with E-state index in [9.17, 15) is 19.2 Å². The molecule has 30 heavy (non-hydrogen) atoms. The number of rotatable bonds is 5. The smallest absolute Gasteiger partial charge is 0.261 e. The predicted molar refractivity (Wildman–Crippen MR) is 113 cm³/mol. The molecule has 1 fully saturated rings. The van der Waals surface area contributed by atoms with Gasteiger partial charge in [0.15, 0.2) is 0 Å². The number of hydrogen-bond donors (Lipinski definition) is 0. The number of carbonyl (C=O) groups is 4. The van der Waals surface area contributed by atoms with Crippen LogP contribution in [0, 0.1) is 5.92 Å². The van der Waals surface area contributed by atoms with Crippen LogP contribution in [0.15, 0.2) is 18.2 Å². The van der Waals surface area contributed by atoms with Crippen molar-refractivity contribution >= 4 is 23.6 Å². The lowest BCUT2D eigenvalue weighted by atomic mass is 10.0. The second-order valence-corrected chi connectivity index (χ2v) is 8.32. The zero-order valence-electron chi connectivity index (χ0n) is 18.3. The topological polar surface area (TPSA) is 78.0 Å². The first-order chi connectivity index (χ1) is 14.3. The molecule has 0 N–H and O–H groups in total. The monoisotopic (exact) mass is 413 g/mol. The number of fused-ring (bicyclic) bond motifs is 1. The minimum Gasteiger partial charge on any atom is -0.341 e. The van der Waals surface area contributed by atoms with E-state index in [0.29, 0.717) is 42.9 Å². The summed E-state index contributed by atoms with van der Waals surface area (Å²) in [4.78, 5) is 55.7. The summed E-state index contributed by atoms with van der Waals surface area (Å²) in [5.41, 5.74) is 1.04. The lowest BCUT2D eigenvalue weighted by Crippen LogP contribution is -2.39. The number of nitrogens with zero attached hydrogens (tertiary/aromatic N) is 3. The highest BCUT2D eigenvalue weighted by atomic mass is 16.2. The Kier molecular flexibility index (Phi) is 6.58. The van der Waals surface area contributed by atoms with Gasteiger partial charge in [0, 0.05) is 43.7 Å². The molecule has 0 unspecified atom stereocenters. The molecule has 0 spiro atoms. The Bertz CT molecular complexity index is 860. The first-order valence-corrected chi connectivity index (χ1v) is 10.9. The van der Waals surface area contributed by atoms with Crippen molar-refractivity contribution in [1.82, 2.24) is 14.7 Å². The van der Waals surface area contributed by atoms with Crippen molar-refractivity contribution in [2.45, 2.75) is 53.0 Å². The standard InChI is InChI=1S/C23H31N3O4/c1-5-16(6-2)20(27)24-10-7-11-25(13-12-24)21(28)17-8-9-18-19(14-17)23(30)26(15(3)4)22(18)29/h8-9,14-16H,5-7,10-13H2,1-4H3. The second kappa shape index (κ2) is 8.98. The zero-order valence-corrected chi connectivity index (χ0v) is 18.3. The van der Waals surface area contributed by atoms with E-state index in [0.717, 1.165) is 19.3 Å². The minimum atomic E-state index is -0.350. The highest BCUT2D eigenvalue weighted by Crippen LogP contribution is 2.26. The number of imide groups is 1. The van der Waals surface area contributed by atoms with Crippen molar-refractivity contribution in [3.05, 3.63) is 34.9 Å². The van der Waals surface area contributed by atoms with Gasteiger partial charge in [-0.1, -0.05) is 13.8 Å². The van der Waals surface area contributed by atoms with Crippen LogP contribution >= 0.6 is 0 Å². The maximum Gasteiger partial charge on any atom is 0.261 e. The molecule has 162 valence electrons. The largest absolute Gasteiger partial charge is 0.341 e. The fourth-order valence-electron chi connectivity index (χ4n) is 4.28. The molecule has 2 heterocycles. The van der Waals surface area contributed by atoms with Gasteiger partial charge in [-0.2, -0.15) is 0 Å². The van der Waals surface area contributed by atoms with Crippen molar-refractivity contribution in [2.24, 2.45) is 5.92 Å². The van der Waals surface area contributed by atoms with E-state index < -0.39 is 0 Å². The van der Waals surface area contributed by atoms with Crippen molar-refractivity contribution < 1.29 is 19.2 Å². The average molecular weight is 414 g/mol. The van der Waals surface area contributed by atoms with E-state index in [1.54, 1.807) is 30.9 Å². The molecule has 1 aromatic carbocycles. The highest BCUT2D eigenvalue weighted by molar-refractivity contribution is 6.22. The molecule has 2 aliphatic heterocycles. The molecule has 0 saturated carbocycles. The van der Waals surface area contributed by atoms with Gasteiger partial charge in [-0.05, 0) is 51.3 Å². The van der Waals surface area contributed by atoms with Crippen LogP contribution in [0.2, 0.25) is 0 Å². The Labute approximate surface area is 178 Å². The van der Waals surface area contributed by atoms with Gasteiger partial charge in [0.1, 0.15) is 0 Å². The van der Waals surface area contributed by atoms with Crippen molar-refractivity contribution in [3.63, 3.8) is 0 Å². The van der Waals surface area contributed by atoms with E-state index in [-0.39, 0.29) is 35.6 Å². The Morgan fingerprint density at radius 2 is 1.50 bits per heavy atom. The molecule has 7 nitrogen and oxygen atoms in total. The third kappa shape index (κ3) is 3.98. The lowest BCUT2D eigenvalue weighted by molar-refractivity contribution is -0.135. The predicted octanol–water partition coefficient (Wildman–Crippen LogP) is 2.80. The maximum absolute atomic E-state index is 13.1. The number of amides is 4. The first kappa shape index (κ1) is 22.0. The van der Waals surface area contributed by atoms with E-state index >= 15 is 0 Å². The Balaban J connectivity index is 1.73. The first-order valence-electron chi connectivity index (χ1n) is 10.9. The van der Waals surface area contributed by atoms with Gasteiger partial charge in [0.2, 0.25) is 5.91 Å². The van der Waals surface area contributed by atoms with Gasteiger partial charge < -0.3 is 9.80 Å². The van der Waals surface area contributed by atoms with Crippen LogP contribution in [0.4, 0.5) is 0 Å². The third-order valence-corrected chi connectivity index (χ3v) is 6.11. The molecule has 0 atom stereocenters. The van der Waals surface area contributed by atoms with Crippen LogP contribution in [0.1, 0.15) is 78.0 Å². The molecule has 1 saturated heterocycles. The highest BCUT2D eigenvalue weighted by Gasteiger charge is 2.37. The van der Waals surface area contributed by atoms with Crippen LogP contribution in [0.5, 0.6) is 0 Å². The molecule has 4 amide bonds. The van der Waals surface area contributed by atoms with Crippen molar-refractivity contribution in [3.8, 4) is 0 Å². The summed E-state index contributed by atoms with van der Waals surface area (Å²) in [6.45, 7) is 9.84. The summed E-state index contributed by atoms with van der Waals surface area (Å²) in [5, 5.41) is 0. The number of benzene rings is 1. The fraction of sp³-hybridized carbons (Fsp3) is 0.565. The average Bonchev–Trinajstić information content (AvgIpc) is 2.89. The quantitative estimate of drug-likeness (QED) is 0.696. The van der Waals surface area contributed by atoms with Crippen LogP contribution in [0.25, 0.3) is 0 Å². The van der Waals surface area contributed by atoms with Gasteiger partial charge in [-0.15, -0.1) is 0 Å². The van der Waals surface area contributed by atoms with Crippen molar-refractivity contribution in [1.29, 1.82) is 0 Å². The normalized spacial score (nSPS) is 17.1. The van der Waals surface area contributed by atoms with Gasteiger partial charge in [0.05, 0.1) is 11.1 Å². The zero-order chi connectivity index (χ0) is 22.0. The maximum atomic E-state index is 13.1. The van der Waals surface area contributed by atoms with E-state index in [1.165, 1.54) is 11.0 Å². The lowest BCUT2D eigenvalue weighted by Gasteiger charge is -2.25. The molecule has 1 aromatic rings. The molecular weight excluding hydrogens is 382 g/mol. The van der Waals surface area contributed by atoms with Gasteiger partial charge >= 0.3 is 0 Å². The Morgan fingerprint density at radius 1 is 0.900 bits per heavy atom. The van der Waals surface area contributed by atoms with Crippen LogP contribution in [0.3, 0.4) is 0 Å². The van der Waals surface area contributed by atoms with E-state index in [1.807, 2.05) is 18.7 Å². The summed E-state index contributed by atoms with van der Waals surface area (Å²) in [7, 11) is 0. The Morgan fingerprint density at radius 3 is 2.13 bits per heavy atom. The SMILES string of the molecule is CCC(CC)C(=O)N1CCCN(C(=O)c2ccc3c(c2)C(=O)N(C(C)C)C3=O)CC1. The van der Waals surface area contributed by atoms with Crippen molar-refractivity contribution in [2.75, 3.05) is 26.2 Å². The summed E-state index contributed by atoms with van der Waals surface area (Å²) < 4.78 is 0. The molecule has 0 bridgehead atoms.